The molecule has 134 valence electrons. The van der Waals surface area contributed by atoms with Crippen molar-refractivity contribution in [1.29, 1.82) is 5.26 Å². The number of alkyl halides is 3. The molecule has 0 saturated heterocycles. The van der Waals surface area contributed by atoms with E-state index in [-0.39, 0.29) is 11.4 Å². The maximum atomic E-state index is 12.9. The van der Waals surface area contributed by atoms with Crippen LogP contribution in [0.1, 0.15) is 5.56 Å². The minimum atomic E-state index is -4.66. The minimum Gasteiger partial charge on any atom is -0.506 e. The monoisotopic (exact) mass is 381 g/mol. The first-order valence-corrected chi connectivity index (χ1v) is 7.43. The van der Waals surface area contributed by atoms with Crippen molar-refractivity contribution >= 4 is 28.9 Å². The number of carbonyl (C=O) groups is 1. The number of halogens is 4. The zero-order valence-corrected chi connectivity index (χ0v) is 13.7. The SMILES string of the molecule is N#C/C(=C/Nc1cc(Cl)ccc1O)C(=O)Nc1ccccc1C(F)(F)F. The van der Waals surface area contributed by atoms with Gasteiger partial charge in [0.2, 0.25) is 0 Å². The molecule has 3 N–H and O–H groups in total. The average molecular weight is 382 g/mol. The van der Waals surface area contributed by atoms with Crippen molar-refractivity contribution in [2.24, 2.45) is 0 Å². The molecular formula is C17H11ClF3N3O2. The summed E-state index contributed by atoms with van der Waals surface area (Å²) in [4.78, 5) is 12.1. The number of rotatable bonds is 4. The predicted octanol–water partition coefficient (Wildman–Crippen LogP) is 4.52. The maximum absolute atomic E-state index is 12.9. The summed E-state index contributed by atoms with van der Waals surface area (Å²) in [5.41, 5.74) is -1.89. The summed E-state index contributed by atoms with van der Waals surface area (Å²) in [6.45, 7) is 0. The van der Waals surface area contributed by atoms with Gasteiger partial charge in [0.1, 0.15) is 17.4 Å². The van der Waals surface area contributed by atoms with Crippen molar-refractivity contribution in [3.05, 3.63) is 64.8 Å². The van der Waals surface area contributed by atoms with Crippen molar-refractivity contribution in [2.75, 3.05) is 10.6 Å². The van der Waals surface area contributed by atoms with Crippen LogP contribution >= 0.6 is 11.6 Å². The predicted molar refractivity (Wildman–Crippen MR) is 90.5 cm³/mol. The Morgan fingerprint density at radius 2 is 1.88 bits per heavy atom. The Bertz CT molecular complexity index is 905. The Balaban J connectivity index is 2.23. The van der Waals surface area contributed by atoms with Crippen LogP contribution in [0.2, 0.25) is 5.02 Å². The van der Waals surface area contributed by atoms with E-state index in [9.17, 15) is 23.1 Å². The molecule has 0 atom stereocenters. The Morgan fingerprint density at radius 3 is 2.54 bits per heavy atom. The van der Waals surface area contributed by atoms with Crippen molar-refractivity contribution in [3.63, 3.8) is 0 Å². The molecule has 0 fully saturated rings. The van der Waals surface area contributed by atoms with E-state index in [0.717, 1.165) is 18.3 Å². The second-order valence-electron chi connectivity index (χ2n) is 4.97. The summed E-state index contributed by atoms with van der Waals surface area (Å²) in [5, 5.41) is 23.6. The number of anilines is 2. The van der Waals surface area contributed by atoms with E-state index >= 15 is 0 Å². The Kier molecular flexibility index (Phi) is 5.75. The molecule has 0 aliphatic rings. The largest absolute Gasteiger partial charge is 0.506 e. The van der Waals surface area contributed by atoms with Crippen LogP contribution in [0.3, 0.4) is 0 Å². The summed E-state index contributed by atoms with van der Waals surface area (Å²) in [5.74, 6) is -1.23. The highest BCUT2D eigenvalue weighted by Gasteiger charge is 2.33. The number of benzene rings is 2. The number of hydrogen-bond donors (Lipinski definition) is 3. The fourth-order valence-electron chi connectivity index (χ4n) is 1.95. The van der Waals surface area contributed by atoms with Gasteiger partial charge in [0, 0.05) is 11.2 Å². The number of nitrogens with one attached hydrogen (secondary N) is 2. The lowest BCUT2D eigenvalue weighted by Gasteiger charge is -2.13. The average Bonchev–Trinajstić information content (AvgIpc) is 2.58. The summed E-state index contributed by atoms with van der Waals surface area (Å²) >= 11 is 5.77. The van der Waals surface area contributed by atoms with Crippen LogP contribution in [0.15, 0.2) is 54.2 Å². The highest BCUT2D eigenvalue weighted by molar-refractivity contribution is 6.30. The number of para-hydroxylation sites is 1. The lowest BCUT2D eigenvalue weighted by molar-refractivity contribution is -0.137. The van der Waals surface area contributed by atoms with Gasteiger partial charge in [0.25, 0.3) is 5.91 Å². The molecule has 2 rings (SSSR count). The number of nitriles is 1. The molecule has 2 aromatic rings. The molecule has 1 amide bonds. The van der Waals surface area contributed by atoms with Crippen LogP contribution in [0.4, 0.5) is 24.5 Å². The van der Waals surface area contributed by atoms with E-state index in [0.29, 0.717) is 5.02 Å². The normalized spacial score (nSPS) is 11.6. The smallest absolute Gasteiger partial charge is 0.418 e. The Hall–Kier alpha value is -3.18. The summed E-state index contributed by atoms with van der Waals surface area (Å²) in [7, 11) is 0. The van der Waals surface area contributed by atoms with Crippen LogP contribution in [-0.4, -0.2) is 11.0 Å². The van der Waals surface area contributed by atoms with E-state index in [2.05, 4.69) is 10.6 Å². The highest BCUT2D eigenvalue weighted by atomic mass is 35.5. The molecule has 2 aromatic carbocycles. The molecule has 0 saturated carbocycles. The molecule has 0 bridgehead atoms. The fourth-order valence-corrected chi connectivity index (χ4v) is 2.12. The van der Waals surface area contributed by atoms with Crippen molar-refractivity contribution in [1.82, 2.24) is 0 Å². The van der Waals surface area contributed by atoms with Gasteiger partial charge >= 0.3 is 6.18 Å². The van der Waals surface area contributed by atoms with Gasteiger partial charge < -0.3 is 15.7 Å². The number of amides is 1. The first-order chi connectivity index (χ1) is 12.2. The third-order valence-electron chi connectivity index (χ3n) is 3.18. The lowest BCUT2D eigenvalue weighted by atomic mass is 10.1. The van der Waals surface area contributed by atoms with Crippen LogP contribution in [-0.2, 0) is 11.0 Å². The first-order valence-electron chi connectivity index (χ1n) is 7.05. The number of hydrogen-bond acceptors (Lipinski definition) is 4. The molecule has 5 nitrogen and oxygen atoms in total. The summed E-state index contributed by atoms with van der Waals surface area (Å²) < 4.78 is 38.8. The van der Waals surface area contributed by atoms with Crippen molar-refractivity contribution in [3.8, 4) is 11.8 Å². The van der Waals surface area contributed by atoms with E-state index in [1.165, 1.54) is 30.3 Å². The third kappa shape index (κ3) is 4.68. The highest BCUT2D eigenvalue weighted by Crippen LogP contribution is 2.34. The van der Waals surface area contributed by atoms with Crippen LogP contribution < -0.4 is 10.6 Å². The van der Waals surface area contributed by atoms with Crippen LogP contribution in [0, 0.1) is 11.3 Å². The summed E-state index contributed by atoms with van der Waals surface area (Å²) in [6.07, 6.45) is -3.71. The molecule has 0 aromatic heterocycles. The van der Waals surface area contributed by atoms with E-state index in [1.807, 2.05) is 0 Å². The van der Waals surface area contributed by atoms with E-state index in [4.69, 9.17) is 16.9 Å². The molecule has 0 aliphatic heterocycles. The lowest BCUT2D eigenvalue weighted by Crippen LogP contribution is -2.18. The number of phenols is 1. The maximum Gasteiger partial charge on any atom is 0.418 e. The minimum absolute atomic E-state index is 0.119. The molecule has 0 unspecified atom stereocenters. The van der Waals surface area contributed by atoms with E-state index in [1.54, 1.807) is 6.07 Å². The van der Waals surface area contributed by atoms with Crippen LogP contribution in [0.5, 0.6) is 5.75 Å². The van der Waals surface area contributed by atoms with E-state index < -0.39 is 28.9 Å². The van der Waals surface area contributed by atoms with Gasteiger partial charge in [-0.25, -0.2) is 0 Å². The molecule has 0 heterocycles. The molecular weight excluding hydrogens is 371 g/mol. The second-order valence-corrected chi connectivity index (χ2v) is 5.41. The number of nitrogens with zero attached hydrogens (tertiary/aromatic N) is 1. The summed E-state index contributed by atoms with van der Waals surface area (Å²) in [6, 6.07) is 10.0. The Morgan fingerprint density at radius 1 is 1.19 bits per heavy atom. The number of carbonyl (C=O) groups excluding carboxylic acids is 1. The topological polar surface area (TPSA) is 85.2 Å². The third-order valence-corrected chi connectivity index (χ3v) is 3.41. The molecule has 26 heavy (non-hydrogen) atoms. The standard InChI is InChI=1S/C17H11ClF3N3O2/c18-11-5-6-15(25)14(7-11)23-9-10(8-22)16(26)24-13-4-2-1-3-12(13)17(19,20)21/h1-7,9,23,25H,(H,24,26)/b10-9-. The van der Waals surface area contributed by atoms with Crippen LogP contribution in [0.25, 0.3) is 0 Å². The van der Waals surface area contributed by atoms with Gasteiger partial charge in [-0.2, -0.15) is 18.4 Å². The quantitative estimate of drug-likeness (QED) is 0.413. The second kappa shape index (κ2) is 7.80. The molecule has 0 aliphatic carbocycles. The van der Waals surface area contributed by atoms with Gasteiger partial charge in [-0.1, -0.05) is 23.7 Å². The zero-order valence-electron chi connectivity index (χ0n) is 12.9. The van der Waals surface area contributed by atoms with Gasteiger partial charge in [-0.15, -0.1) is 0 Å². The van der Waals surface area contributed by atoms with Crippen molar-refractivity contribution in [2.45, 2.75) is 6.18 Å². The fraction of sp³-hybridized carbons (Fsp3) is 0.0588. The number of aromatic hydroxyl groups is 1. The molecule has 9 heteroatoms. The first kappa shape index (κ1) is 19.1. The van der Waals surface area contributed by atoms with Gasteiger partial charge in [0.05, 0.1) is 16.9 Å². The van der Waals surface area contributed by atoms with Crippen molar-refractivity contribution < 1.29 is 23.1 Å². The van der Waals surface area contributed by atoms with Gasteiger partial charge in [-0.3, -0.25) is 4.79 Å². The van der Waals surface area contributed by atoms with Gasteiger partial charge in [-0.05, 0) is 30.3 Å². The zero-order chi connectivity index (χ0) is 19.3. The number of phenolic OH excluding ortho intramolecular Hbond substituents is 1. The van der Waals surface area contributed by atoms with Gasteiger partial charge in [0.15, 0.2) is 0 Å². The molecule has 0 radical (unpaired) electrons. The molecule has 0 spiro atoms. The Labute approximate surface area is 151 Å².